The maximum Gasteiger partial charge on any atom is 0.326 e. The lowest BCUT2D eigenvalue weighted by Crippen LogP contribution is -2.58. The number of H-pyrrole nitrogens is 3. The van der Waals surface area contributed by atoms with Crippen LogP contribution in [0.15, 0.2) is 55.5 Å². The van der Waals surface area contributed by atoms with Crippen LogP contribution in [0.3, 0.4) is 0 Å². The van der Waals surface area contributed by atoms with Crippen molar-refractivity contribution in [3.63, 3.8) is 0 Å². The summed E-state index contributed by atoms with van der Waals surface area (Å²) in [6.07, 6.45) is 8.01. The van der Waals surface area contributed by atoms with Crippen molar-refractivity contribution >= 4 is 34.6 Å². The molecule has 14 nitrogen and oxygen atoms in total. The van der Waals surface area contributed by atoms with E-state index in [1.165, 1.54) is 18.9 Å². The predicted molar refractivity (Wildman–Crippen MR) is 153 cm³/mol. The standard InChI is InChI=1S/C28H35N9O5/c1-15(2)24(28(41)42)37-27(40)22(7-16-10-32-21-6-4-3-5-19(16)21)36-26(39)23(9-18-12-31-14-34-18)35-25(38)20(29)8-17-11-30-13-33-17/h3-6,10-15,20,22-24,32H,7-9,29H2,1-2H3,(H,30,33)(H,31,34)(H,35,38)(H,36,39)(H,37,40)(H,41,42). The summed E-state index contributed by atoms with van der Waals surface area (Å²) in [6, 6.07) is 3.07. The van der Waals surface area contributed by atoms with E-state index in [0.717, 1.165) is 16.5 Å². The third-order valence-corrected chi connectivity index (χ3v) is 6.91. The molecule has 0 aliphatic rings. The highest BCUT2D eigenvalue weighted by Gasteiger charge is 2.32. The first kappa shape index (κ1) is 30.0. The lowest BCUT2D eigenvalue weighted by Gasteiger charge is -2.26. The molecular formula is C28H35N9O5. The molecule has 9 N–H and O–H groups in total. The molecule has 0 saturated heterocycles. The number of aromatic nitrogens is 5. The summed E-state index contributed by atoms with van der Waals surface area (Å²) in [5.41, 5.74) is 8.92. The van der Waals surface area contributed by atoms with E-state index in [1.54, 1.807) is 26.2 Å². The summed E-state index contributed by atoms with van der Waals surface area (Å²) in [7, 11) is 0. The van der Waals surface area contributed by atoms with Crippen molar-refractivity contribution in [2.24, 2.45) is 11.7 Å². The molecule has 3 amide bonds. The number of aromatic amines is 3. The van der Waals surface area contributed by atoms with Gasteiger partial charge in [0.2, 0.25) is 17.7 Å². The van der Waals surface area contributed by atoms with Gasteiger partial charge in [0.05, 0.1) is 18.7 Å². The Morgan fingerprint density at radius 1 is 0.833 bits per heavy atom. The van der Waals surface area contributed by atoms with Gasteiger partial charge in [0, 0.05) is 60.1 Å². The third kappa shape index (κ3) is 7.60. The maximum absolute atomic E-state index is 13.7. The number of benzene rings is 1. The smallest absolute Gasteiger partial charge is 0.326 e. The summed E-state index contributed by atoms with van der Waals surface area (Å²) in [5, 5.41) is 18.5. The Kier molecular flexibility index (Phi) is 9.70. The Hall–Kier alpha value is -4.98. The number of nitrogens with one attached hydrogen (secondary N) is 6. The number of carboxylic acids is 1. The highest BCUT2D eigenvalue weighted by Crippen LogP contribution is 2.19. The number of carbonyl (C=O) groups is 4. The largest absolute Gasteiger partial charge is 0.480 e. The fourth-order valence-electron chi connectivity index (χ4n) is 4.60. The van der Waals surface area contributed by atoms with Crippen LogP contribution in [0.5, 0.6) is 0 Å². The number of imidazole rings is 2. The zero-order chi connectivity index (χ0) is 30.2. The van der Waals surface area contributed by atoms with Gasteiger partial charge in [0.15, 0.2) is 0 Å². The van der Waals surface area contributed by atoms with Gasteiger partial charge in [-0.05, 0) is 17.5 Å². The molecule has 0 bridgehead atoms. The molecule has 0 fully saturated rings. The van der Waals surface area contributed by atoms with Gasteiger partial charge in [-0.2, -0.15) is 0 Å². The van der Waals surface area contributed by atoms with E-state index in [2.05, 4.69) is 40.9 Å². The number of carbonyl (C=O) groups excluding carboxylic acids is 3. The van der Waals surface area contributed by atoms with E-state index in [0.29, 0.717) is 11.4 Å². The number of hydrogen-bond donors (Lipinski definition) is 8. The van der Waals surface area contributed by atoms with E-state index in [9.17, 15) is 24.3 Å². The van der Waals surface area contributed by atoms with Crippen molar-refractivity contribution in [2.45, 2.75) is 57.3 Å². The fraction of sp³-hybridized carbons (Fsp3) is 0.357. The molecule has 42 heavy (non-hydrogen) atoms. The van der Waals surface area contributed by atoms with Crippen LogP contribution in [0.4, 0.5) is 0 Å². The van der Waals surface area contributed by atoms with Crippen LogP contribution in [0.2, 0.25) is 0 Å². The van der Waals surface area contributed by atoms with Crippen LogP contribution in [0, 0.1) is 5.92 Å². The van der Waals surface area contributed by atoms with Crippen molar-refractivity contribution < 1.29 is 24.3 Å². The Bertz CT molecular complexity index is 1500. The molecule has 0 radical (unpaired) electrons. The minimum Gasteiger partial charge on any atom is -0.480 e. The molecule has 4 atom stereocenters. The van der Waals surface area contributed by atoms with Crippen molar-refractivity contribution in [1.82, 2.24) is 40.9 Å². The van der Waals surface area contributed by atoms with Crippen molar-refractivity contribution in [3.05, 3.63) is 72.5 Å². The average Bonchev–Trinajstić information content (AvgIpc) is 3.74. The molecule has 1 aromatic carbocycles. The van der Waals surface area contributed by atoms with Gasteiger partial charge in [0.1, 0.15) is 18.1 Å². The SMILES string of the molecule is CC(C)C(NC(=O)C(Cc1c[nH]c2ccccc12)NC(=O)C(Cc1cnc[nH]1)NC(=O)C(N)Cc1cnc[nH]1)C(=O)O. The van der Waals surface area contributed by atoms with E-state index < -0.39 is 53.8 Å². The summed E-state index contributed by atoms with van der Waals surface area (Å²) in [4.78, 5) is 68.8. The number of amides is 3. The second kappa shape index (κ2) is 13.6. The normalized spacial score (nSPS) is 14.2. The molecule has 4 aromatic rings. The van der Waals surface area contributed by atoms with Gasteiger partial charge in [-0.15, -0.1) is 0 Å². The predicted octanol–water partition coefficient (Wildman–Crippen LogP) is 0.164. The van der Waals surface area contributed by atoms with Crippen LogP contribution in [-0.4, -0.2) is 77.9 Å². The van der Waals surface area contributed by atoms with Gasteiger partial charge >= 0.3 is 5.97 Å². The monoisotopic (exact) mass is 577 g/mol. The summed E-state index contributed by atoms with van der Waals surface area (Å²) in [6.45, 7) is 3.35. The fourth-order valence-corrected chi connectivity index (χ4v) is 4.60. The van der Waals surface area contributed by atoms with E-state index in [1.807, 2.05) is 24.3 Å². The summed E-state index contributed by atoms with van der Waals surface area (Å²) in [5.74, 6) is -3.49. The molecule has 3 heterocycles. The molecule has 4 rings (SSSR count). The van der Waals surface area contributed by atoms with Gasteiger partial charge in [-0.3, -0.25) is 14.4 Å². The number of nitrogens with two attached hydrogens (primary N) is 1. The van der Waals surface area contributed by atoms with Crippen LogP contribution in [-0.2, 0) is 38.4 Å². The van der Waals surface area contributed by atoms with Crippen molar-refractivity contribution in [2.75, 3.05) is 0 Å². The summed E-state index contributed by atoms with van der Waals surface area (Å²) < 4.78 is 0. The average molecular weight is 578 g/mol. The van der Waals surface area contributed by atoms with Crippen LogP contribution >= 0.6 is 0 Å². The van der Waals surface area contributed by atoms with Crippen LogP contribution in [0.1, 0.15) is 30.8 Å². The molecule has 0 aliphatic carbocycles. The zero-order valence-electron chi connectivity index (χ0n) is 23.3. The molecule has 0 spiro atoms. The Morgan fingerprint density at radius 3 is 2.05 bits per heavy atom. The number of aliphatic carboxylic acids is 1. The Labute approximate surface area is 241 Å². The summed E-state index contributed by atoms with van der Waals surface area (Å²) >= 11 is 0. The quantitative estimate of drug-likeness (QED) is 0.103. The zero-order valence-corrected chi connectivity index (χ0v) is 23.3. The minimum atomic E-state index is -1.19. The first-order valence-corrected chi connectivity index (χ1v) is 13.5. The molecule has 0 saturated carbocycles. The van der Waals surface area contributed by atoms with E-state index >= 15 is 0 Å². The number of carboxylic acid groups (broad SMARTS) is 1. The topological polar surface area (TPSA) is 224 Å². The lowest BCUT2D eigenvalue weighted by molar-refractivity contribution is -0.143. The first-order valence-electron chi connectivity index (χ1n) is 13.5. The van der Waals surface area contributed by atoms with Crippen molar-refractivity contribution in [3.8, 4) is 0 Å². The molecule has 222 valence electrons. The van der Waals surface area contributed by atoms with Gasteiger partial charge in [0.25, 0.3) is 0 Å². The van der Waals surface area contributed by atoms with Gasteiger partial charge in [-0.25, -0.2) is 14.8 Å². The van der Waals surface area contributed by atoms with Crippen molar-refractivity contribution in [1.29, 1.82) is 0 Å². The van der Waals surface area contributed by atoms with E-state index in [-0.39, 0.29) is 19.3 Å². The van der Waals surface area contributed by atoms with Crippen LogP contribution in [0.25, 0.3) is 10.9 Å². The van der Waals surface area contributed by atoms with Gasteiger partial charge in [-0.1, -0.05) is 32.0 Å². The minimum absolute atomic E-state index is 0.0412. The Morgan fingerprint density at radius 2 is 1.43 bits per heavy atom. The maximum atomic E-state index is 13.7. The lowest BCUT2D eigenvalue weighted by atomic mass is 10.0. The van der Waals surface area contributed by atoms with Crippen LogP contribution < -0.4 is 21.7 Å². The van der Waals surface area contributed by atoms with E-state index in [4.69, 9.17) is 5.73 Å². The number of nitrogens with zero attached hydrogens (tertiary/aromatic N) is 2. The molecule has 3 aromatic heterocycles. The number of fused-ring (bicyclic) bond motifs is 1. The highest BCUT2D eigenvalue weighted by atomic mass is 16.4. The number of rotatable bonds is 14. The molecular weight excluding hydrogens is 542 g/mol. The first-order chi connectivity index (χ1) is 20.1. The number of hydrogen-bond acceptors (Lipinski definition) is 7. The molecule has 14 heteroatoms. The second-order valence-corrected chi connectivity index (χ2v) is 10.4. The number of para-hydroxylation sites is 1. The Balaban J connectivity index is 1.57. The van der Waals surface area contributed by atoms with Gasteiger partial charge < -0.3 is 41.7 Å². The second-order valence-electron chi connectivity index (χ2n) is 10.4. The molecule has 0 aliphatic heterocycles. The highest BCUT2D eigenvalue weighted by molar-refractivity contribution is 5.95. The third-order valence-electron chi connectivity index (χ3n) is 6.91. The molecule has 4 unspecified atom stereocenters.